The third-order valence-electron chi connectivity index (χ3n) is 3.70. The predicted octanol–water partition coefficient (Wildman–Crippen LogP) is 2.83. The van der Waals surface area contributed by atoms with Crippen molar-refractivity contribution in [1.82, 2.24) is 4.90 Å². The average Bonchev–Trinajstić information content (AvgIpc) is 2.73. The molecule has 0 N–H and O–H groups in total. The molecule has 21 heavy (non-hydrogen) atoms. The van der Waals surface area contributed by atoms with Crippen LogP contribution < -0.4 is 4.90 Å². The molecule has 0 atom stereocenters. The van der Waals surface area contributed by atoms with Gasteiger partial charge in [0.25, 0.3) is 11.1 Å². The highest BCUT2D eigenvalue weighted by molar-refractivity contribution is 7.80. The molecular weight excluding hydrogens is 284 g/mol. The Morgan fingerprint density at radius 2 is 2.05 bits per heavy atom. The number of aryl methyl sites for hydroxylation is 1. The number of carbonyl (C=O) groups excluding carboxylic acids is 1. The number of rotatable bonds is 1. The van der Waals surface area contributed by atoms with Crippen LogP contribution in [0.25, 0.3) is 6.08 Å². The molecular formula is C16H16N2O2S. The molecule has 5 heteroatoms. The van der Waals surface area contributed by atoms with Crippen LogP contribution >= 0.6 is 12.2 Å². The second kappa shape index (κ2) is 5.00. The lowest BCUT2D eigenvalue weighted by Crippen LogP contribution is -2.28. The van der Waals surface area contributed by atoms with E-state index >= 15 is 0 Å². The minimum atomic E-state index is -0.200. The molecule has 4 nitrogen and oxygen atoms in total. The first-order chi connectivity index (χ1) is 10.0. The molecule has 1 fully saturated rings. The molecule has 3 rings (SSSR count). The summed E-state index contributed by atoms with van der Waals surface area (Å²) < 4.78 is 5.49. The van der Waals surface area contributed by atoms with Crippen LogP contribution in [0.2, 0.25) is 0 Å². The van der Waals surface area contributed by atoms with Gasteiger partial charge in [0.05, 0.1) is 5.70 Å². The Hall–Kier alpha value is -2.14. The van der Waals surface area contributed by atoms with Gasteiger partial charge in [0.1, 0.15) is 0 Å². The summed E-state index contributed by atoms with van der Waals surface area (Å²) in [5.74, 6) is 0.0977. The first-order valence-corrected chi connectivity index (χ1v) is 7.24. The van der Waals surface area contributed by atoms with Crippen LogP contribution in [0.15, 0.2) is 35.7 Å². The molecule has 108 valence electrons. The Kier molecular flexibility index (Phi) is 3.29. The molecule has 2 aliphatic rings. The van der Waals surface area contributed by atoms with Crippen molar-refractivity contribution in [3.05, 3.63) is 46.9 Å². The van der Waals surface area contributed by atoms with Crippen molar-refractivity contribution in [3.63, 3.8) is 0 Å². The van der Waals surface area contributed by atoms with Crippen molar-refractivity contribution < 1.29 is 9.53 Å². The number of anilines is 1. The quantitative estimate of drug-likeness (QED) is 0.590. The number of ether oxygens (including phenoxy) is 1. The van der Waals surface area contributed by atoms with Gasteiger partial charge in [-0.15, -0.1) is 0 Å². The lowest BCUT2D eigenvalue weighted by molar-refractivity contribution is -0.122. The van der Waals surface area contributed by atoms with Crippen molar-refractivity contribution in [2.45, 2.75) is 13.8 Å². The highest BCUT2D eigenvalue weighted by atomic mass is 32.1. The van der Waals surface area contributed by atoms with Crippen LogP contribution in [-0.2, 0) is 9.53 Å². The lowest BCUT2D eigenvalue weighted by Gasteiger charge is -2.29. The number of nitrogens with zero attached hydrogens (tertiary/aromatic N) is 2. The van der Waals surface area contributed by atoms with Gasteiger partial charge in [-0.3, -0.25) is 9.69 Å². The number of hydrogen-bond donors (Lipinski definition) is 0. The molecule has 0 aromatic heterocycles. The van der Waals surface area contributed by atoms with Gasteiger partial charge < -0.3 is 9.64 Å². The molecule has 0 spiro atoms. The highest BCUT2D eigenvalue weighted by Crippen LogP contribution is 2.34. The zero-order valence-corrected chi connectivity index (χ0v) is 13.0. The maximum atomic E-state index is 12.2. The molecule has 0 radical (unpaired) electrons. The molecule has 1 saturated heterocycles. The second-order valence-corrected chi connectivity index (χ2v) is 5.44. The number of thiocarbonyl (C=S) groups is 1. The first-order valence-electron chi connectivity index (χ1n) is 6.83. The molecule has 2 aliphatic heterocycles. The number of amides is 1. The molecule has 0 bridgehead atoms. The van der Waals surface area contributed by atoms with Crippen molar-refractivity contribution >= 4 is 35.1 Å². The Morgan fingerprint density at radius 1 is 1.29 bits per heavy atom. The van der Waals surface area contributed by atoms with Crippen LogP contribution in [0.4, 0.5) is 5.69 Å². The van der Waals surface area contributed by atoms with Gasteiger partial charge in [-0.2, -0.15) is 0 Å². The number of fused-ring (bicyclic) bond motifs is 1. The molecule has 0 unspecified atom stereocenters. The van der Waals surface area contributed by atoms with Crippen LogP contribution in [-0.4, -0.2) is 29.6 Å². The fraction of sp³-hybridized carbons (Fsp3) is 0.250. The van der Waals surface area contributed by atoms with E-state index in [4.69, 9.17) is 17.0 Å². The number of benzene rings is 1. The van der Waals surface area contributed by atoms with Gasteiger partial charge in [0.2, 0.25) is 5.76 Å². The summed E-state index contributed by atoms with van der Waals surface area (Å²) in [5, 5.41) is 0.196. The van der Waals surface area contributed by atoms with Crippen LogP contribution in [0.1, 0.15) is 18.1 Å². The maximum Gasteiger partial charge on any atom is 0.299 e. The summed E-state index contributed by atoms with van der Waals surface area (Å²) in [5.41, 5.74) is 4.18. The molecule has 0 saturated carbocycles. The Balaban J connectivity index is 2.13. The fourth-order valence-corrected chi connectivity index (χ4v) is 2.74. The second-order valence-electron chi connectivity index (χ2n) is 5.09. The SMILES string of the molecule is CCN1/C(=C2\OC(=S)N(C)C2=O)C=Cc2cc(C)ccc21. The van der Waals surface area contributed by atoms with E-state index in [1.807, 2.05) is 19.1 Å². The number of carbonyl (C=O) groups is 1. The summed E-state index contributed by atoms with van der Waals surface area (Å²) in [6, 6.07) is 6.26. The summed E-state index contributed by atoms with van der Waals surface area (Å²) in [6.45, 7) is 4.85. The van der Waals surface area contributed by atoms with Crippen LogP contribution in [0.5, 0.6) is 0 Å². The van der Waals surface area contributed by atoms with E-state index in [2.05, 4.69) is 30.0 Å². The lowest BCUT2D eigenvalue weighted by atomic mass is 10.0. The van der Waals surface area contributed by atoms with Gasteiger partial charge in [0, 0.05) is 19.3 Å². The normalized spacial score (nSPS) is 20.9. The summed E-state index contributed by atoms with van der Waals surface area (Å²) in [6.07, 6.45) is 3.93. The highest BCUT2D eigenvalue weighted by Gasteiger charge is 2.35. The molecule has 1 aromatic rings. The van der Waals surface area contributed by atoms with E-state index in [1.54, 1.807) is 7.05 Å². The van der Waals surface area contributed by atoms with E-state index in [0.29, 0.717) is 5.76 Å². The fourth-order valence-electron chi connectivity index (χ4n) is 2.58. The molecule has 2 heterocycles. The third kappa shape index (κ3) is 2.14. The number of allylic oxidation sites excluding steroid dienone is 1. The largest absolute Gasteiger partial charge is 0.423 e. The minimum absolute atomic E-state index is 0.196. The maximum absolute atomic E-state index is 12.2. The van der Waals surface area contributed by atoms with E-state index < -0.39 is 0 Å². The number of hydrogen-bond acceptors (Lipinski definition) is 4. The minimum Gasteiger partial charge on any atom is -0.423 e. The topological polar surface area (TPSA) is 32.8 Å². The molecule has 1 aromatic carbocycles. The summed E-state index contributed by atoms with van der Waals surface area (Å²) >= 11 is 5.04. The predicted molar refractivity (Wildman–Crippen MR) is 86.7 cm³/mol. The average molecular weight is 300 g/mol. The van der Waals surface area contributed by atoms with Crippen LogP contribution in [0.3, 0.4) is 0 Å². The number of likely N-dealkylation sites (N-methyl/N-ethyl adjacent to an activating group) is 2. The van der Waals surface area contributed by atoms with Crippen LogP contribution in [0, 0.1) is 6.92 Å². The van der Waals surface area contributed by atoms with Crippen molar-refractivity contribution in [1.29, 1.82) is 0 Å². The van der Waals surface area contributed by atoms with Gasteiger partial charge in [0.15, 0.2) is 0 Å². The van der Waals surface area contributed by atoms with Gasteiger partial charge in [-0.05, 0) is 49.8 Å². The molecule has 1 amide bonds. The van der Waals surface area contributed by atoms with E-state index in [9.17, 15) is 4.79 Å². The zero-order valence-electron chi connectivity index (χ0n) is 12.2. The summed E-state index contributed by atoms with van der Waals surface area (Å²) in [4.78, 5) is 15.7. The van der Waals surface area contributed by atoms with Gasteiger partial charge >= 0.3 is 0 Å². The van der Waals surface area contributed by atoms with Crippen molar-refractivity contribution in [3.8, 4) is 0 Å². The Morgan fingerprint density at radius 3 is 2.67 bits per heavy atom. The smallest absolute Gasteiger partial charge is 0.299 e. The zero-order chi connectivity index (χ0) is 15.1. The first kappa shape index (κ1) is 13.8. The van der Waals surface area contributed by atoms with Gasteiger partial charge in [-0.25, -0.2) is 0 Å². The van der Waals surface area contributed by atoms with E-state index in [-0.39, 0.29) is 11.1 Å². The van der Waals surface area contributed by atoms with Crippen molar-refractivity contribution in [2.24, 2.45) is 0 Å². The van der Waals surface area contributed by atoms with Crippen molar-refractivity contribution in [2.75, 3.05) is 18.5 Å². The Bertz CT molecular complexity index is 706. The standard InChI is InChI=1S/C16H16N2O2S/c1-4-18-12-7-5-10(2)9-11(12)6-8-13(18)14-15(19)17(3)16(21)20-14/h5-9H,4H2,1-3H3/b14-13-. The van der Waals surface area contributed by atoms with E-state index in [0.717, 1.165) is 23.5 Å². The van der Waals surface area contributed by atoms with E-state index in [1.165, 1.54) is 10.5 Å². The Labute approximate surface area is 129 Å². The molecule has 0 aliphatic carbocycles. The third-order valence-corrected chi connectivity index (χ3v) is 4.05. The summed E-state index contributed by atoms with van der Waals surface area (Å²) in [7, 11) is 1.62. The van der Waals surface area contributed by atoms with Gasteiger partial charge in [-0.1, -0.05) is 17.7 Å². The monoisotopic (exact) mass is 300 g/mol.